The van der Waals surface area contributed by atoms with Crippen LogP contribution in [0.2, 0.25) is 0 Å². The summed E-state index contributed by atoms with van der Waals surface area (Å²) in [5, 5.41) is 3.26. The van der Waals surface area contributed by atoms with E-state index < -0.39 is 0 Å². The highest BCUT2D eigenvalue weighted by Gasteiger charge is 2.69. The van der Waals surface area contributed by atoms with Crippen LogP contribution in [0, 0.1) is 29.6 Å². The monoisotopic (exact) mass is 496 g/mol. The van der Waals surface area contributed by atoms with E-state index in [0.29, 0.717) is 11.4 Å². The van der Waals surface area contributed by atoms with Gasteiger partial charge in [-0.1, -0.05) is 17.4 Å². The number of benzene rings is 1. The largest absolute Gasteiger partial charge is 0.497 e. The van der Waals surface area contributed by atoms with Crippen molar-refractivity contribution in [2.75, 3.05) is 12.0 Å². The number of hydrogen-bond acceptors (Lipinski definition) is 7. The number of thioether (sulfide) groups is 1. The first-order valence-electron chi connectivity index (χ1n) is 11.0. The number of thiophene rings is 1. The molecule has 0 spiro atoms. The van der Waals surface area contributed by atoms with E-state index >= 15 is 0 Å². The van der Waals surface area contributed by atoms with Gasteiger partial charge in [-0.3, -0.25) is 19.3 Å². The van der Waals surface area contributed by atoms with Crippen molar-refractivity contribution in [3.63, 3.8) is 0 Å². The maximum atomic E-state index is 13.7. The minimum atomic E-state index is -0.272. The number of methoxy groups -OCH3 is 1. The van der Waals surface area contributed by atoms with Gasteiger partial charge < -0.3 is 9.72 Å². The fraction of sp³-hybridized carbons (Fsp3) is 0.375. The Balaban J connectivity index is 1.30. The van der Waals surface area contributed by atoms with Gasteiger partial charge in [-0.05, 0) is 59.9 Å². The number of nitrogens with zero attached hydrogens (tertiary/aromatic N) is 1. The number of carbonyl (C=O) groups excluding carboxylic acids is 2. The number of amides is 2. The summed E-state index contributed by atoms with van der Waals surface area (Å²) >= 11 is 4.74. The third-order valence-electron chi connectivity index (χ3n) is 7.90. The smallest absolute Gasteiger partial charge is 0.305 e. The van der Waals surface area contributed by atoms with Crippen LogP contribution in [-0.2, 0) is 9.59 Å². The van der Waals surface area contributed by atoms with Gasteiger partial charge >= 0.3 is 4.87 Å². The van der Waals surface area contributed by atoms with E-state index in [0.717, 1.165) is 16.3 Å². The Labute approximate surface area is 202 Å². The van der Waals surface area contributed by atoms with Gasteiger partial charge in [-0.15, -0.1) is 23.1 Å². The molecule has 1 N–H and O–H groups in total. The zero-order chi connectivity index (χ0) is 22.4. The van der Waals surface area contributed by atoms with Crippen molar-refractivity contribution in [1.29, 1.82) is 0 Å². The lowest BCUT2D eigenvalue weighted by molar-refractivity contribution is -0.123. The molecular weight excluding hydrogens is 476 g/mol. The van der Waals surface area contributed by atoms with Gasteiger partial charge in [0.05, 0.1) is 29.7 Å². The van der Waals surface area contributed by atoms with Crippen LogP contribution in [0.15, 0.2) is 51.6 Å². The Hall–Kier alpha value is -2.36. The summed E-state index contributed by atoms with van der Waals surface area (Å²) < 4.78 is 5.23. The second-order valence-corrected chi connectivity index (χ2v) is 12.4. The molecule has 168 valence electrons. The lowest BCUT2D eigenvalue weighted by Crippen LogP contribution is -2.42. The predicted molar refractivity (Wildman–Crippen MR) is 128 cm³/mol. The van der Waals surface area contributed by atoms with Gasteiger partial charge in [0.15, 0.2) is 0 Å². The Bertz CT molecular complexity index is 1330. The average Bonchev–Trinajstić information content (AvgIpc) is 3.61. The van der Waals surface area contributed by atoms with Crippen molar-refractivity contribution >= 4 is 51.9 Å². The number of H-pyrrole nitrogens is 1. The molecule has 7 rings (SSSR count). The fourth-order valence-electron chi connectivity index (χ4n) is 6.79. The van der Waals surface area contributed by atoms with Crippen LogP contribution >= 0.6 is 34.4 Å². The van der Waals surface area contributed by atoms with Crippen molar-refractivity contribution < 1.29 is 14.3 Å². The average molecular weight is 497 g/mol. The summed E-state index contributed by atoms with van der Waals surface area (Å²) in [7, 11) is 1.60. The first kappa shape index (κ1) is 20.1. The summed E-state index contributed by atoms with van der Waals surface area (Å²) in [6, 6.07) is 11.3. The number of nitrogens with one attached hydrogen (secondary N) is 1. The fourth-order valence-corrected chi connectivity index (χ4v) is 10.6. The van der Waals surface area contributed by atoms with Crippen LogP contribution in [0.5, 0.6) is 5.75 Å². The molecule has 7 atom stereocenters. The first-order valence-corrected chi connectivity index (χ1v) is 13.6. The lowest BCUT2D eigenvalue weighted by Gasteiger charge is -2.42. The van der Waals surface area contributed by atoms with Gasteiger partial charge in [0.1, 0.15) is 5.75 Å². The quantitative estimate of drug-likeness (QED) is 0.550. The summed E-state index contributed by atoms with van der Waals surface area (Å²) in [5.74, 6) is 0.682. The minimum absolute atomic E-state index is 0.0283. The van der Waals surface area contributed by atoms with Crippen LogP contribution in [0.25, 0.3) is 0 Å². The van der Waals surface area contributed by atoms with E-state index in [-0.39, 0.29) is 57.4 Å². The molecule has 2 aliphatic carbocycles. The minimum Gasteiger partial charge on any atom is -0.497 e. The number of anilines is 1. The molecule has 1 saturated heterocycles. The zero-order valence-corrected chi connectivity index (χ0v) is 20.0. The summed E-state index contributed by atoms with van der Waals surface area (Å²) in [4.78, 5) is 46.3. The SMILES string of the molecule is COc1ccc(N2C(=O)C3C(C2=O)[C@@H]2C[C@H]3C3Sc4[nH]c(=O)sc4C(c4cccs4)C32)cc1. The number of rotatable bonds is 3. The number of aromatic amines is 1. The number of imide groups is 1. The van der Waals surface area contributed by atoms with Gasteiger partial charge in [0, 0.05) is 20.9 Å². The molecule has 33 heavy (non-hydrogen) atoms. The Morgan fingerprint density at radius 2 is 1.79 bits per heavy atom. The molecule has 4 heterocycles. The molecule has 1 aromatic carbocycles. The van der Waals surface area contributed by atoms with Crippen molar-refractivity contribution in [3.05, 3.63) is 61.2 Å². The molecule has 4 aliphatic rings. The van der Waals surface area contributed by atoms with E-state index in [2.05, 4.69) is 22.5 Å². The van der Waals surface area contributed by atoms with E-state index in [1.165, 1.54) is 21.1 Å². The number of fused-ring (bicyclic) bond motifs is 9. The Morgan fingerprint density at radius 1 is 1.03 bits per heavy atom. The number of ether oxygens (including phenoxy) is 1. The molecule has 2 amide bonds. The standard InChI is InChI=1S/C24H20N2O4S3/c1-30-11-6-4-10(5-7-11)26-22(27)16-12-9-13(17(16)23(26)28)19-15(12)18(14-3-2-8-31-14)20-21(32-19)25-24(29)33-20/h2-8,12-13,15-19H,9H2,1H3,(H,25,29)/t12-,13-,15?,16?,17?,18?,19?/m1/s1. The van der Waals surface area contributed by atoms with Gasteiger partial charge in [0.25, 0.3) is 0 Å². The molecule has 0 radical (unpaired) electrons. The highest BCUT2D eigenvalue weighted by Crippen LogP contribution is 2.68. The number of hydrogen-bond donors (Lipinski definition) is 1. The number of aromatic nitrogens is 1. The molecular formula is C24H20N2O4S3. The van der Waals surface area contributed by atoms with E-state index in [1.807, 2.05) is 0 Å². The normalized spacial score (nSPS) is 33.8. The summed E-state index contributed by atoms with van der Waals surface area (Å²) in [5.41, 5.74) is 0.619. The second-order valence-electron chi connectivity index (χ2n) is 9.19. The highest BCUT2D eigenvalue weighted by atomic mass is 32.2. The highest BCUT2D eigenvalue weighted by molar-refractivity contribution is 8.00. The van der Waals surface area contributed by atoms with Crippen LogP contribution in [-0.4, -0.2) is 29.2 Å². The molecule has 3 fully saturated rings. The molecule has 3 aromatic rings. The van der Waals surface area contributed by atoms with Crippen LogP contribution < -0.4 is 14.5 Å². The molecule has 9 heteroatoms. The second kappa shape index (κ2) is 7.07. The van der Waals surface area contributed by atoms with Gasteiger partial charge in [0.2, 0.25) is 11.8 Å². The van der Waals surface area contributed by atoms with E-state index in [1.54, 1.807) is 54.5 Å². The third-order valence-corrected chi connectivity index (χ3v) is 11.4. The first-order chi connectivity index (χ1) is 16.1. The van der Waals surface area contributed by atoms with Crippen molar-refractivity contribution in [3.8, 4) is 5.75 Å². The van der Waals surface area contributed by atoms with Crippen molar-refractivity contribution in [2.24, 2.45) is 29.6 Å². The van der Waals surface area contributed by atoms with Gasteiger partial charge in [-0.2, -0.15) is 0 Å². The molecule has 2 aliphatic heterocycles. The van der Waals surface area contributed by atoms with Crippen molar-refractivity contribution in [1.82, 2.24) is 4.98 Å². The summed E-state index contributed by atoms with van der Waals surface area (Å²) in [6.45, 7) is 0. The topological polar surface area (TPSA) is 79.5 Å². The van der Waals surface area contributed by atoms with E-state index in [4.69, 9.17) is 4.74 Å². The predicted octanol–water partition coefficient (Wildman–Crippen LogP) is 4.18. The lowest BCUT2D eigenvalue weighted by atomic mass is 9.69. The van der Waals surface area contributed by atoms with E-state index in [9.17, 15) is 14.4 Å². The molecule has 5 unspecified atom stereocenters. The maximum absolute atomic E-state index is 13.7. The number of thiazole rings is 1. The molecule has 2 saturated carbocycles. The third kappa shape index (κ3) is 2.64. The number of carbonyl (C=O) groups is 2. The maximum Gasteiger partial charge on any atom is 0.305 e. The van der Waals surface area contributed by atoms with Crippen LogP contribution in [0.1, 0.15) is 22.1 Å². The Morgan fingerprint density at radius 3 is 2.48 bits per heavy atom. The summed E-state index contributed by atoms with van der Waals surface area (Å²) in [6.07, 6.45) is 0.909. The molecule has 2 aromatic heterocycles. The zero-order valence-electron chi connectivity index (χ0n) is 17.6. The molecule has 6 nitrogen and oxygen atoms in total. The van der Waals surface area contributed by atoms with Crippen LogP contribution in [0.4, 0.5) is 5.69 Å². The van der Waals surface area contributed by atoms with Gasteiger partial charge in [-0.25, -0.2) is 0 Å². The molecule has 2 bridgehead atoms. The Kier molecular flexibility index (Phi) is 4.30. The van der Waals surface area contributed by atoms with Crippen LogP contribution in [0.3, 0.4) is 0 Å². The van der Waals surface area contributed by atoms with Crippen molar-refractivity contribution in [2.45, 2.75) is 22.6 Å².